The molecule has 4 N–H and O–H groups in total. The zero-order chi connectivity index (χ0) is 4.50. The molecule has 9 heavy (non-hydrogen) atoms. The molecule has 0 aromatic carbocycles. The van der Waals surface area contributed by atoms with Crippen molar-refractivity contribution in [2.75, 3.05) is 0 Å². The molecule has 0 saturated heterocycles. The number of rotatable bonds is 0. The first-order chi connectivity index (χ1) is 2.00. The molecule has 0 aromatic rings. The normalized spacial score (nSPS) is 6.22. The van der Waals surface area contributed by atoms with Gasteiger partial charge in [-0.15, -0.1) is 0 Å². The van der Waals surface area contributed by atoms with Gasteiger partial charge in [0.15, 0.2) is 0 Å². The van der Waals surface area contributed by atoms with Crippen LogP contribution in [0.1, 0.15) is 0 Å². The van der Waals surface area contributed by atoms with E-state index in [0.29, 0.717) is 0 Å². The Morgan fingerprint density at radius 2 is 0.667 bits per heavy atom. The first kappa shape index (κ1) is 29.6. The molecule has 0 aromatic heterocycles. The van der Waals surface area contributed by atoms with Gasteiger partial charge in [0.25, 0.3) is 0 Å². The SMILES string of the molecule is O.O.[KH].[KH].[O]=[Os](=[O])(=[O])=[O]. The second-order valence-corrected chi connectivity index (χ2v) is 2.89. The van der Waals surface area contributed by atoms with Crippen molar-refractivity contribution in [2.45, 2.75) is 0 Å². The quantitative estimate of drug-likeness (QED) is 0.411. The molecule has 0 spiro atoms. The molecule has 0 radical (unpaired) electrons. The van der Waals surface area contributed by atoms with E-state index in [-0.39, 0.29) is 114 Å². The fraction of sp³-hybridized carbons (Fsp3) is 0. The van der Waals surface area contributed by atoms with Crippen LogP contribution >= 0.6 is 0 Å². The molecular formula is H6K2O6Os. The Labute approximate surface area is 139 Å². The fourth-order valence-corrected chi connectivity index (χ4v) is 0. The van der Waals surface area contributed by atoms with E-state index in [0.717, 1.165) is 0 Å². The fourth-order valence-electron chi connectivity index (χ4n) is 0. The molecule has 0 bridgehead atoms. The van der Waals surface area contributed by atoms with Crippen LogP contribution in [0.4, 0.5) is 0 Å². The Bertz CT molecular complexity index is 162. The van der Waals surface area contributed by atoms with Crippen LogP contribution in [0.15, 0.2) is 0 Å². The molecule has 9 heteroatoms. The molecule has 0 aliphatic rings. The van der Waals surface area contributed by atoms with Gasteiger partial charge in [-0.25, -0.2) is 0 Å². The number of hydrogen-bond acceptors (Lipinski definition) is 4. The third kappa shape index (κ3) is 98.0. The second kappa shape index (κ2) is 13.6. The second-order valence-electron chi connectivity index (χ2n) is 0.354. The third-order valence-electron chi connectivity index (χ3n) is 0. The van der Waals surface area contributed by atoms with Crippen LogP contribution in [0.3, 0.4) is 0 Å². The molecule has 0 aliphatic carbocycles. The van der Waals surface area contributed by atoms with Gasteiger partial charge in [0.1, 0.15) is 0 Å². The van der Waals surface area contributed by atoms with Gasteiger partial charge >= 0.3 is 132 Å². The minimum absolute atomic E-state index is 0. The van der Waals surface area contributed by atoms with Gasteiger partial charge in [-0.05, 0) is 0 Å². The van der Waals surface area contributed by atoms with Gasteiger partial charge in [-0.1, -0.05) is 0 Å². The van der Waals surface area contributed by atoms with Crippen LogP contribution in [-0.4, -0.2) is 114 Å². The average molecular weight is 370 g/mol. The summed E-state index contributed by atoms with van der Waals surface area (Å²) in [5, 5.41) is 0. The van der Waals surface area contributed by atoms with E-state index in [9.17, 15) is 0 Å². The van der Waals surface area contributed by atoms with Gasteiger partial charge < -0.3 is 11.0 Å². The van der Waals surface area contributed by atoms with Gasteiger partial charge in [0.05, 0.1) is 0 Å². The van der Waals surface area contributed by atoms with Crippen molar-refractivity contribution in [1.29, 1.82) is 0 Å². The Hall–Kier alpha value is 3.03. The van der Waals surface area contributed by atoms with Crippen molar-refractivity contribution in [2.24, 2.45) is 0 Å². The van der Waals surface area contributed by atoms with Crippen LogP contribution in [0, 0.1) is 0 Å². The Kier molecular flexibility index (Phi) is 44.8. The summed E-state index contributed by atoms with van der Waals surface area (Å²) in [6.07, 6.45) is 0. The zero-order valence-electron chi connectivity index (χ0n) is 2.99. The van der Waals surface area contributed by atoms with E-state index < -0.39 is 14.8 Å². The van der Waals surface area contributed by atoms with E-state index in [4.69, 9.17) is 14.2 Å². The molecule has 0 amide bonds. The Balaban J connectivity index is -0.0000000133. The standard InChI is InChI=1S/2K.2H2O.4O.Os.2H/h;;2*1H2;;;;;;;. The maximum absolute atomic E-state index is 8.63. The first-order valence-corrected chi connectivity index (χ1v) is 4.73. The summed E-state index contributed by atoms with van der Waals surface area (Å²) in [6.45, 7) is 0. The van der Waals surface area contributed by atoms with Crippen molar-refractivity contribution in [3.63, 3.8) is 0 Å². The minimum atomic E-state index is -6.06. The predicted molar refractivity (Wildman–Crippen MR) is 24.3 cm³/mol. The van der Waals surface area contributed by atoms with Crippen LogP contribution in [0.25, 0.3) is 0 Å². The zero-order valence-corrected chi connectivity index (χ0v) is 5.53. The van der Waals surface area contributed by atoms with Gasteiger partial charge in [-0.3, -0.25) is 0 Å². The summed E-state index contributed by atoms with van der Waals surface area (Å²) in [7, 11) is 0. The van der Waals surface area contributed by atoms with E-state index in [1.165, 1.54) is 0 Å². The van der Waals surface area contributed by atoms with Crippen molar-refractivity contribution in [3.8, 4) is 0 Å². The maximum atomic E-state index is 8.63. The summed E-state index contributed by atoms with van der Waals surface area (Å²) >= 11 is -6.06. The van der Waals surface area contributed by atoms with Gasteiger partial charge in [0.2, 0.25) is 0 Å². The first-order valence-electron chi connectivity index (χ1n) is 0.577. The molecule has 0 rings (SSSR count). The molecule has 0 fully saturated rings. The third-order valence-corrected chi connectivity index (χ3v) is 0. The molecule has 0 atom stereocenters. The topological polar surface area (TPSA) is 131 Å². The van der Waals surface area contributed by atoms with Crippen LogP contribution < -0.4 is 0 Å². The Morgan fingerprint density at radius 3 is 0.667 bits per heavy atom. The molecular weight excluding hydrogens is 364 g/mol. The van der Waals surface area contributed by atoms with Crippen molar-refractivity contribution in [3.05, 3.63) is 0 Å². The average Bonchev–Trinajstić information content (AvgIpc) is 0.722. The summed E-state index contributed by atoms with van der Waals surface area (Å²) < 4.78 is 34.5. The molecule has 52 valence electrons. The Morgan fingerprint density at radius 1 is 0.667 bits per heavy atom. The van der Waals surface area contributed by atoms with Gasteiger partial charge in [0, 0.05) is 0 Å². The molecule has 0 aliphatic heterocycles. The van der Waals surface area contributed by atoms with Crippen molar-refractivity contribution in [1.82, 2.24) is 0 Å². The van der Waals surface area contributed by atoms with Crippen molar-refractivity contribution >= 4 is 103 Å². The van der Waals surface area contributed by atoms with Crippen LogP contribution in [-0.2, 0) is 29.0 Å². The van der Waals surface area contributed by atoms with E-state index in [1.807, 2.05) is 0 Å². The van der Waals surface area contributed by atoms with E-state index in [1.54, 1.807) is 0 Å². The summed E-state index contributed by atoms with van der Waals surface area (Å²) in [6, 6.07) is 0. The summed E-state index contributed by atoms with van der Waals surface area (Å²) in [5.41, 5.74) is 0. The van der Waals surface area contributed by atoms with Crippen LogP contribution in [0.2, 0.25) is 0 Å². The van der Waals surface area contributed by atoms with E-state index >= 15 is 0 Å². The molecule has 0 saturated carbocycles. The van der Waals surface area contributed by atoms with Crippen LogP contribution in [0.5, 0.6) is 0 Å². The molecule has 0 heterocycles. The summed E-state index contributed by atoms with van der Waals surface area (Å²) in [5.74, 6) is 0. The van der Waals surface area contributed by atoms with Gasteiger partial charge in [-0.2, -0.15) is 0 Å². The van der Waals surface area contributed by atoms with Crippen molar-refractivity contribution < 1.29 is 39.9 Å². The number of hydrogen-bond donors (Lipinski definition) is 0. The monoisotopic (exact) mass is 372 g/mol. The predicted octanol–water partition coefficient (Wildman–Crippen LogP) is -3.42. The summed E-state index contributed by atoms with van der Waals surface area (Å²) in [4.78, 5) is 0. The molecule has 6 nitrogen and oxygen atoms in total. The van der Waals surface area contributed by atoms with E-state index in [2.05, 4.69) is 0 Å². The molecule has 0 unspecified atom stereocenters.